The smallest absolute Gasteiger partial charge is 0.252 e. The molecule has 2 heterocycles. The average molecular weight is 312 g/mol. The summed E-state index contributed by atoms with van der Waals surface area (Å²) < 4.78 is 11.1. The van der Waals surface area contributed by atoms with Crippen molar-refractivity contribution >= 4 is 16.8 Å². The zero-order chi connectivity index (χ0) is 15.8. The third-order valence-corrected chi connectivity index (χ3v) is 5.08. The van der Waals surface area contributed by atoms with Crippen LogP contribution in [-0.4, -0.2) is 43.4 Å². The van der Waals surface area contributed by atoms with Crippen molar-refractivity contribution in [1.82, 2.24) is 10.3 Å². The van der Waals surface area contributed by atoms with Crippen LogP contribution >= 0.6 is 0 Å². The van der Waals surface area contributed by atoms with Crippen molar-refractivity contribution in [3.05, 3.63) is 42.1 Å². The van der Waals surface area contributed by atoms with Crippen LogP contribution in [-0.2, 0) is 9.47 Å². The van der Waals surface area contributed by atoms with Crippen LogP contribution in [0.2, 0.25) is 0 Å². The molecule has 1 aliphatic carbocycles. The summed E-state index contributed by atoms with van der Waals surface area (Å²) in [6.45, 7) is 1.39. The second kappa shape index (κ2) is 5.91. The number of benzene rings is 1. The van der Waals surface area contributed by atoms with Crippen LogP contribution in [0.3, 0.4) is 0 Å². The van der Waals surface area contributed by atoms with Crippen molar-refractivity contribution in [2.75, 3.05) is 20.3 Å². The standard InChI is InChI=1S/C18H20N2O3/c1-22-10-14-16(13-7-9-23-17(13)14)20-18(21)12-4-2-6-15-11(12)5-3-8-19-15/h2-6,8,13-14,16-17H,7,9-10H2,1H3,(H,20,21). The van der Waals surface area contributed by atoms with Crippen molar-refractivity contribution in [2.45, 2.75) is 18.6 Å². The number of carbonyl (C=O) groups excluding carboxylic acids is 1. The number of hydrogen-bond acceptors (Lipinski definition) is 4. The van der Waals surface area contributed by atoms with Gasteiger partial charge in [-0.1, -0.05) is 12.1 Å². The molecular weight excluding hydrogens is 292 g/mol. The third-order valence-electron chi connectivity index (χ3n) is 5.08. The third kappa shape index (κ3) is 2.40. The quantitative estimate of drug-likeness (QED) is 0.938. The van der Waals surface area contributed by atoms with Crippen molar-refractivity contribution in [1.29, 1.82) is 0 Å². The van der Waals surface area contributed by atoms with Crippen molar-refractivity contribution in [3.8, 4) is 0 Å². The van der Waals surface area contributed by atoms with Crippen molar-refractivity contribution < 1.29 is 14.3 Å². The molecule has 2 fully saturated rings. The molecule has 1 aliphatic heterocycles. The van der Waals surface area contributed by atoms with Gasteiger partial charge in [0.25, 0.3) is 5.91 Å². The fourth-order valence-electron chi connectivity index (χ4n) is 3.96. The molecule has 2 aromatic rings. The molecule has 1 saturated carbocycles. The predicted molar refractivity (Wildman–Crippen MR) is 86.2 cm³/mol. The lowest BCUT2D eigenvalue weighted by atomic mass is 9.67. The number of ether oxygens (including phenoxy) is 2. The monoisotopic (exact) mass is 312 g/mol. The van der Waals surface area contributed by atoms with Gasteiger partial charge >= 0.3 is 0 Å². The van der Waals surface area contributed by atoms with E-state index in [1.807, 2.05) is 30.3 Å². The lowest BCUT2D eigenvalue weighted by Gasteiger charge is -2.47. The SMILES string of the molecule is COCC1C(NC(=O)c2cccc3ncccc23)C2CCOC21. The molecule has 4 atom stereocenters. The van der Waals surface area contributed by atoms with Gasteiger partial charge in [-0.2, -0.15) is 0 Å². The van der Waals surface area contributed by atoms with Gasteiger partial charge in [0.2, 0.25) is 0 Å². The highest BCUT2D eigenvalue weighted by Gasteiger charge is 2.54. The minimum Gasteiger partial charge on any atom is -0.384 e. The summed E-state index contributed by atoms with van der Waals surface area (Å²) in [7, 11) is 1.69. The Balaban J connectivity index is 1.57. The van der Waals surface area contributed by atoms with E-state index in [0.717, 1.165) is 23.9 Å². The Hall–Kier alpha value is -1.98. The topological polar surface area (TPSA) is 60.5 Å². The Kier molecular flexibility index (Phi) is 3.75. The summed E-state index contributed by atoms with van der Waals surface area (Å²) in [5.41, 5.74) is 1.51. The highest BCUT2D eigenvalue weighted by molar-refractivity contribution is 6.06. The number of hydrogen-bond donors (Lipinski definition) is 1. The molecule has 23 heavy (non-hydrogen) atoms. The number of rotatable bonds is 4. The molecule has 1 saturated heterocycles. The van der Waals surface area contributed by atoms with Gasteiger partial charge in [0.1, 0.15) is 0 Å². The van der Waals surface area contributed by atoms with E-state index in [-0.39, 0.29) is 24.0 Å². The second-order valence-corrected chi connectivity index (χ2v) is 6.28. The molecule has 0 spiro atoms. The van der Waals surface area contributed by atoms with E-state index < -0.39 is 0 Å². The summed E-state index contributed by atoms with van der Waals surface area (Å²) in [6, 6.07) is 9.57. The highest BCUT2D eigenvalue weighted by Crippen LogP contribution is 2.43. The van der Waals surface area contributed by atoms with E-state index in [1.54, 1.807) is 13.3 Å². The molecule has 5 nitrogen and oxygen atoms in total. The summed E-state index contributed by atoms with van der Waals surface area (Å²) in [4.78, 5) is 17.1. The van der Waals surface area contributed by atoms with Crippen LogP contribution < -0.4 is 5.32 Å². The second-order valence-electron chi connectivity index (χ2n) is 6.28. The summed E-state index contributed by atoms with van der Waals surface area (Å²) in [5, 5.41) is 4.09. The summed E-state index contributed by atoms with van der Waals surface area (Å²) in [6.07, 6.45) is 2.98. The largest absolute Gasteiger partial charge is 0.384 e. The van der Waals surface area contributed by atoms with Gasteiger partial charge in [-0.05, 0) is 24.6 Å². The number of aromatic nitrogens is 1. The van der Waals surface area contributed by atoms with Crippen LogP contribution in [0.1, 0.15) is 16.8 Å². The average Bonchev–Trinajstić information content (AvgIpc) is 3.01. The van der Waals surface area contributed by atoms with E-state index in [9.17, 15) is 4.79 Å². The zero-order valence-corrected chi connectivity index (χ0v) is 13.1. The molecule has 1 N–H and O–H groups in total. The molecule has 1 aromatic heterocycles. The Morgan fingerprint density at radius 1 is 1.39 bits per heavy atom. The van der Waals surface area contributed by atoms with Gasteiger partial charge < -0.3 is 14.8 Å². The van der Waals surface area contributed by atoms with E-state index in [0.29, 0.717) is 18.1 Å². The minimum atomic E-state index is -0.0416. The molecule has 2 aliphatic rings. The number of amides is 1. The van der Waals surface area contributed by atoms with Crippen LogP contribution in [0.5, 0.6) is 0 Å². The number of methoxy groups -OCH3 is 1. The van der Waals surface area contributed by atoms with Gasteiger partial charge in [-0.15, -0.1) is 0 Å². The van der Waals surface area contributed by atoms with Crippen molar-refractivity contribution in [2.24, 2.45) is 11.8 Å². The first-order chi connectivity index (χ1) is 11.3. The molecule has 1 aromatic carbocycles. The van der Waals surface area contributed by atoms with Crippen LogP contribution in [0.4, 0.5) is 0 Å². The van der Waals surface area contributed by atoms with Gasteiger partial charge in [-0.3, -0.25) is 9.78 Å². The van der Waals surface area contributed by atoms with Crippen LogP contribution in [0.15, 0.2) is 36.5 Å². The lowest BCUT2D eigenvalue weighted by Crippen LogP contribution is -2.62. The predicted octanol–water partition coefficient (Wildman–Crippen LogP) is 2.01. The molecule has 4 unspecified atom stereocenters. The Morgan fingerprint density at radius 2 is 2.30 bits per heavy atom. The van der Waals surface area contributed by atoms with Crippen molar-refractivity contribution in [3.63, 3.8) is 0 Å². The van der Waals surface area contributed by atoms with E-state index in [1.165, 1.54) is 0 Å². The molecule has 1 amide bonds. The first-order valence-corrected chi connectivity index (χ1v) is 8.05. The number of carbonyl (C=O) groups is 1. The summed E-state index contributed by atoms with van der Waals surface area (Å²) in [5.74, 6) is 0.608. The normalized spacial score (nSPS) is 29.1. The van der Waals surface area contributed by atoms with Gasteiger partial charge in [0.05, 0.1) is 18.2 Å². The number of nitrogens with one attached hydrogen (secondary N) is 1. The van der Waals surface area contributed by atoms with Gasteiger partial charge in [-0.25, -0.2) is 0 Å². The molecule has 0 bridgehead atoms. The zero-order valence-electron chi connectivity index (χ0n) is 13.1. The Bertz CT molecular complexity index is 728. The maximum atomic E-state index is 12.8. The Labute approximate surface area is 135 Å². The Morgan fingerprint density at radius 3 is 3.17 bits per heavy atom. The fourth-order valence-corrected chi connectivity index (χ4v) is 3.96. The lowest BCUT2D eigenvalue weighted by molar-refractivity contribution is -0.0809. The first-order valence-electron chi connectivity index (χ1n) is 8.05. The molecule has 120 valence electrons. The van der Waals surface area contributed by atoms with Gasteiger partial charge in [0, 0.05) is 48.7 Å². The number of fused-ring (bicyclic) bond motifs is 2. The number of pyridine rings is 1. The maximum Gasteiger partial charge on any atom is 0.252 e. The van der Waals surface area contributed by atoms with Crippen LogP contribution in [0, 0.1) is 11.8 Å². The van der Waals surface area contributed by atoms with Crippen LogP contribution in [0.25, 0.3) is 10.9 Å². The molecule has 5 heteroatoms. The number of nitrogens with zero attached hydrogens (tertiary/aromatic N) is 1. The molecular formula is C18H20N2O3. The van der Waals surface area contributed by atoms with E-state index in [2.05, 4.69) is 10.3 Å². The summed E-state index contributed by atoms with van der Waals surface area (Å²) >= 11 is 0. The van der Waals surface area contributed by atoms with Gasteiger partial charge in [0.15, 0.2) is 0 Å². The van der Waals surface area contributed by atoms with E-state index in [4.69, 9.17) is 9.47 Å². The maximum absolute atomic E-state index is 12.8. The highest BCUT2D eigenvalue weighted by atomic mass is 16.5. The molecule has 4 rings (SSSR count). The van der Waals surface area contributed by atoms with E-state index >= 15 is 0 Å². The first kappa shape index (κ1) is 14.6. The fraction of sp³-hybridized carbons (Fsp3) is 0.444. The molecule has 0 radical (unpaired) electrons. The minimum absolute atomic E-state index is 0.0416.